The maximum atomic E-state index is 11.9. The summed E-state index contributed by atoms with van der Waals surface area (Å²) in [6.45, 7) is 1.17. The van der Waals surface area contributed by atoms with Gasteiger partial charge in [0.1, 0.15) is 23.4 Å². The van der Waals surface area contributed by atoms with Crippen LogP contribution in [-0.4, -0.2) is 22.9 Å². The number of anilines is 1. The Morgan fingerprint density at radius 2 is 2.14 bits per heavy atom. The minimum atomic E-state index is -0.262. The normalized spacial score (nSPS) is 9.90. The van der Waals surface area contributed by atoms with E-state index in [1.807, 2.05) is 30.3 Å². The highest BCUT2D eigenvalue weighted by molar-refractivity contribution is 9.10. The van der Waals surface area contributed by atoms with E-state index >= 15 is 0 Å². The van der Waals surface area contributed by atoms with Crippen LogP contribution in [-0.2, 0) is 6.54 Å². The van der Waals surface area contributed by atoms with E-state index < -0.39 is 0 Å². The molecular formula is C15H14BrN3O2. The third-order valence-corrected chi connectivity index (χ3v) is 3.42. The first-order valence-corrected chi connectivity index (χ1v) is 7.12. The lowest BCUT2D eigenvalue weighted by Crippen LogP contribution is -2.24. The van der Waals surface area contributed by atoms with Gasteiger partial charge in [-0.2, -0.15) is 5.10 Å². The molecule has 0 aliphatic carbocycles. The first-order chi connectivity index (χ1) is 10.2. The number of nitrogens with zero attached hydrogens (tertiary/aromatic N) is 2. The number of ether oxygens (including phenoxy) is 1. The van der Waals surface area contributed by atoms with Gasteiger partial charge in [-0.1, -0.05) is 24.1 Å². The molecule has 1 aromatic heterocycles. The quantitative estimate of drug-likeness (QED) is 0.642. The highest BCUT2D eigenvalue weighted by Gasteiger charge is 2.07. The summed E-state index contributed by atoms with van der Waals surface area (Å²) in [7, 11) is 0. The topological polar surface area (TPSA) is 56.1 Å². The van der Waals surface area contributed by atoms with Gasteiger partial charge in [0.15, 0.2) is 0 Å². The fraction of sp³-hybridized carbons (Fsp3) is 0.200. The van der Waals surface area contributed by atoms with Crippen LogP contribution >= 0.6 is 15.9 Å². The number of hydrogen-bond donors (Lipinski definition) is 1. The Kier molecular flexibility index (Phi) is 5.41. The molecule has 0 spiro atoms. The molecule has 0 saturated carbocycles. The van der Waals surface area contributed by atoms with Crippen molar-refractivity contribution in [2.45, 2.75) is 6.54 Å². The number of para-hydroxylation sites is 1. The number of hydrogen-bond acceptors (Lipinski definition) is 4. The van der Waals surface area contributed by atoms with Crippen molar-refractivity contribution in [1.29, 1.82) is 0 Å². The van der Waals surface area contributed by atoms with Crippen LogP contribution in [0.3, 0.4) is 0 Å². The van der Waals surface area contributed by atoms with Crippen molar-refractivity contribution < 1.29 is 4.74 Å². The van der Waals surface area contributed by atoms with E-state index in [9.17, 15) is 4.79 Å². The number of terminal acetylenes is 1. The lowest BCUT2D eigenvalue weighted by Gasteiger charge is -2.10. The third kappa shape index (κ3) is 4.10. The molecular weight excluding hydrogens is 334 g/mol. The molecule has 0 aliphatic rings. The molecule has 108 valence electrons. The summed E-state index contributed by atoms with van der Waals surface area (Å²) in [6, 6.07) is 9.53. The van der Waals surface area contributed by atoms with Gasteiger partial charge in [-0.3, -0.25) is 4.79 Å². The van der Waals surface area contributed by atoms with Crippen LogP contribution in [0.5, 0.6) is 5.75 Å². The molecule has 1 N–H and O–H groups in total. The van der Waals surface area contributed by atoms with Gasteiger partial charge in [0.2, 0.25) is 0 Å². The molecule has 1 aromatic carbocycles. The van der Waals surface area contributed by atoms with Crippen LogP contribution in [0.2, 0.25) is 0 Å². The summed E-state index contributed by atoms with van der Waals surface area (Å²) in [5.41, 5.74) is 0.354. The predicted octanol–water partition coefficient (Wildman–Crippen LogP) is 2.13. The molecule has 5 nitrogen and oxygen atoms in total. The smallest absolute Gasteiger partial charge is 0.284 e. The molecule has 0 amide bonds. The zero-order valence-corrected chi connectivity index (χ0v) is 12.8. The number of aromatic nitrogens is 2. The van der Waals surface area contributed by atoms with Gasteiger partial charge in [0.05, 0.1) is 11.9 Å². The molecule has 0 radical (unpaired) electrons. The second kappa shape index (κ2) is 7.50. The fourth-order valence-corrected chi connectivity index (χ4v) is 2.11. The van der Waals surface area contributed by atoms with Crippen LogP contribution in [0.25, 0.3) is 0 Å². The second-order valence-corrected chi connectivity index (χ2v) is 4.92. The Balaban J connectivity index is 1.91. The Morgan fingerprint density at radius 1 is 1.38 bits per heavy atom. The SMILES string of the molecule is C#CCn1ncc(NCCOc2ccccc2)c(Br)c1=O. The number of rotatable bonds is 6. The van der Waals surface area contributed by atoms with Crippen molar-refractivity contribution in [3.8, 4) is 18.1 Å². The summed E-state index contributed by atoms with van der Waals surface area (Å²) in [5, 5.41) is 7.09. The number of halogens is 1. The Bertz CT molecular complexity index is 692. The van der Waals surface area contributed by atoms with Gasteiger partial charge in [-0.25, -0.2) is 4.68 Å². The third-order valence-electron chi connectivity index (χ3n) is 2.66. The monoisotopic (exact) mass is 347 g/mol. The average Bonchev–Trinajstić information content (AvgIpc) is 2.51. The Morgan fingerprint density at radius 3 is 2.86 bits per heavy atom. The molecule has 0 saturated heterocycles. The minimum absolute atomic E-state index is 0.148. The molecule has 0 atom stereocenters. The molecule has 0 bridgehead atoms. The van der Waals surface area contributed by atoms with Crippen LogP contribution in [0, 0.1) is 12.3 Å². The molecule has 2 aromatic rings. The maximum absolute atomic E-state index is 11.9. The first-order valence-electron chi connectivity index (χ1n) is 6.33. The van der Waals surface area contributed by atoms with Crippen molar-refractivity contribution in [2.75, 3.05) is 18.5 Å². The molecule has 6 heteroatoms. The Labute approximate surface area is 131 Å². The lowest BCUT2D eigenvalue weighted by atomic mass is 10.3. The highest BCUT2D eigenvalue weighted by Crippen LogP contribution is 2.15. The van der Waals surface area contributed by atoms with Gasteiger partial charge >= 0.3 is 0 Å². The zero-order chi connectivity index (χ0) is 15.1. The molecule has 21 heavy (non-hydrogen) atoms. The van der Waals surface area contributed by atoms with Crippen molar-refractivity contribution in [3.05, 3.63) is 51.4 Å². The number of benzene rings is 1. The van der Waals surface area contributed by atoms with E-state index in [-0.39, 0.29) is 12.1 Å². The summed E-state index contributed by atoms with van der Waals surface area (Å²) in [6.07, 6.45) is 6.73. The van der Waals surface area contributed by atoms with Crippen LogP contribution < -0.4 is 15.6 Å². The molecule has 0 unspecified atom stereocenters. The van der Waals surface area contributed by atoms with E-state index in [0.29, 0.717) is 23.3 Å². The first kappa shape index (κ1) is 15.1. The Hall–Kier alpha value is -2.26. The molecule has 0 aliphatic heterocycles. The summed E-state index contributed by atoms with van der Waals surface area (Å²) in [4.78, 5) is 11.9. The second-order valence-electron chi connectivity index (χ2n) is 4.13. The summed E-state index contributed by atoms with van der Waals surface area (Å²) >= 11 is 3.25. The average molecular weight is 348 g/mol. The van der Waals surface area contributed by atoms with Gasteiger partial charge in [0, 0.05) is 6.54 Å². The van der Waals surface area contributed by atoms with E-state index in [4.69, 9.17) is 11.2 Å². The fourth-order valence-electron chi connectivity index (χ4n) is 1.66. The van der Waals surface area contributed by atoms with Gasteiger partial charge in [-0.05, 0) is 28.1 Å². The highest BCUT2D eigenvalue weighted by atomic mass is 79.9. The minimum Gasteiger partial charge on any atom is -0.492 e. The standard InChI is InChI=1S/C15H14BrN3O2/c1-2-9-19-15(20)14(16)13(11-18-19)17-8-10-21-12-6-4-3-5-7-12/h1,3-7,11,17H,8-10H2. The lowest BCUT2D eigenvalue weighted by molar-refractivity contribution is 0.333. The summed E-state index contributed by atoms with van der Waals surface area (Å²) < 4.78 is 7.18. The number of nitrogens with one attached hydrogen (secondary N) is 1. The summed E-state index contributed by atoms with van der Waals surface area (Å²) in [5.74, 6) is 3.19. The van der Waals surface area contributed by atoms with Gasteiger partial charge in [0.25, 0.3) is 5.56 Å². The van der Waals surface area contributed by atoms with E-state index in [0.717, 1.165) is 5.75 Å². The predicted molar refractivity (Wildman–Crippen MR) is 85.5 cm³/mol. The van der Waals surface area contributed by atoms with Gasteiger partial charge < -0.3 is 10.1 Å². The van der Waals surface area contributed by atoms with Gasteiger partial charge in [-0.15, -0.1) is 6.42 Å². The van der Waals surface area contributed by atoms with E-state index in [1.54, 1.807) is 6.20 Å². The van der Waals surface area contributed by atoms with E-state index in [1.165, 1.54) is 4.68 Å². The van der Waals surface area contributed by atoms with Crippen LogP contribution in [0.15, 0.2) is 45.8 Å². The molecule has 1 heterocycles. The van der Waals surface area contributed by atoms with Crippen LogP contribution in [0.4, 0.5) is 5.69 Å². The van der Waals surface area contributed by atoms with E-state index in [2.05, 4.69) is 32.3 Å². The van der Waals surface area contributed by atoms with Crippen molar-refractivity contribution in [1.82, 2.24) is 9.78 Å². The molecule has 0 fully saturated rings. The van der Waals surface area contributed by atoms with Crippen LogP contribution in [0.1, 0.15) is 0 Å². The largest absolute Gasteiger partial charge is 0.492 e. The maximum Gasteiger partial charge on any atom is 0.284 e. The van der Waals surface area contributed by atoms with Crippen molar-refractivity contribution in [3.63, 3.8) is 0 Å². The molecule has 2 rings (SSSR count). The van der Waals surface area contributed by atoms with Crippen molar-refractivity contribution in [2.24, 2.45) is 0 Å². The van der Waals surface area contributed by atoms with Crippen molar-refractivity contribution >= 4 is 21.6 Å². The zero-order valence-electron chi connectivity index (χ0n) is 11.3.